The van der Waals surface area contributed by atoms with Crippen molar-refractivity contribution in [3.05, 3.63) is 24.3 Å². The number of benzene rings is 1. The summed E-state index contributed by atoms with van der Waals surface area (Å²) in [6.07, 6.45) is 2.08. The van der Waals surface area contributed by atoms with Crippen LogP contribution in [0.5, 0.6) is 5.75 Å². The molecule has 0 radical (unpaired) electrons. The van der Waals surface area contributed by atoms with E-state index < -0.39 is 20.6 Å². The third kappa shape index (κ3) is 3.50. The van der Waals surface area contributed by atoms with Crippen molar-refractivity contribution in [1.29, 1.82) is 0 Å². The Morgan fingerprint density at radius 2 is 1.87 bits per heavy atom. The molecule has 1 fully saturated rings. The molecule has 7 heteroatoms. The van der Waals surface area contributed by atoms with Gasteiger partial charge in [0.25, 0.3) is 0 Å². The molecule has 128 valence electrons. The Balaban J connectivity index is 2.26. The summed E-state index contributed by atoms with van der Waals surface area (Å²) in [5.74, 6) is -0.686. The van der Waals surface area contributed by atoms with Crippen molar-refractivity contribution >= 4 is 15.8 Å². The zero-order chi connectivity index (χ0) is 16.9. The summed E-state index contributed by atoms with van der Waals surface area (Å²) in [6.45, 7) is 3.39. The average molecular weight is 341 g/mol. The number of rotatable bonds is 7. The van der Waals surface area contributed by atoms with E-state index in [4.69, 9.17) is 4.74 Å². The quantitative estimate of drug-likeness (QED) is 0.735. The van der Waals surface area contributed by atoms with E-state index in [0.717, 1.165) is 12.8 Å². The Labute approximate surface area is 136 Å². The molecule has 0 aromatic heterocycles. The highest BCUT2D eigenvalue weighted by Crippen LogP contribution is 2.34. The zero-order valence-corrected chi connectivity index (χ0v) is 14.1. The summed E-state index contributed by atoms with van der Waals surface area (Å²) in [4.78, 5) is 11.7. The number of unbranched alkanes of at least 4 members (excludes halogenated alkanes) is 1. The van der Waals surface area contributed by atoms with Crippen LogP contribution in [0.2, 0.25) is 0 Å². The lowest BCUT2D eigenvalue weighted by atomic mass is 9.97. The number of nitrogens with one attached hydrogen (secondary N) is 1. The van der Waals surface area contributed by atoms with Crippen LogP contribution in [0.1, 0.15) is 32.6 Å². The minimum atomic E-state index is -3.96. The molecular formula is C16H23NO5S. The fourth-order valence-electron chi connectivity index (χ4n) is 2.70. The van der Waals surface area contributed by atoms with Crippen molar-refractivity contribution in [2.24, 2.45) is 0 Å². The maximum atomic E-state index is 12.9. The number of carboxylic acids is 1. The second-order valence-corrected chi connectivity index (χ2v) is 7.99. The molecule has 0 unspecified atom stereocenters. The molecule has 0 amide bonds. The first-order valence-corrected chi connectivity index (χ1v) is 9.34. The van der Waals surface area contributed by atoms with Crippen LogP contribution in [0.4, 0.5) is 0 Å². The average Bonchev–Trinajstić information content (AvgIpc) is 2.56. The van der Waals surface area contributed by atoms with Gasteiger partial charge in [-0.15, -0.1) is 0 Å². The maximum Gasteiger partial charge on any atom is 0.325 e. The highest BCUT2D eigenvalue weighted by molar-refractivity contribution is 7.93. The van der Waals surface area contributed by atoms with Crippen molar-refractivity contribution in [2.45, 2.75) is 42.2 Å². The normalized spacial score (nSPS) is 17.6. The smallest absolute Gasteiger partial charge is 0.325 e. The second kappa shape index (κ2) is 7.31. The molecule has 6 nitrogen and oxygen atoms in total. The molecule has 1 aliphatic heterocycles. The van der Waals surface area contributed by atoms with Gasteiger partial charge in [-0.05, 0) is 56.6 Å². The summed E-state index contributed by atoms with van der Waals surface area (Å²) < 4.78 is 29.5. The Morgan fingerprint density at radius 3 is 2.39 bits per heavy atom. The number of carbonyl (C=O) groups is 1. The molecule has 1 aliphatic rings. The summed E-state index contributed by atoms with van der Waals surface area (Å²) in [5.41, 5.74) is 0. The van der Waals surface area contributed by atoms with E-state index >= 15 is 0 Å². The number of aliphatic carboxylic acids is 1. The van der Waals surface area contributed by atoms with Gasteiger partial charge in [-0.25, -0.2) is 8.42 Å². The molecule has 23 heavy (non-hydrogen) atoms. The SMILES string of the molecule is CCCCOc1ccc(S(=O)(=O)C2(C(=O)O)CCNCC2)cc1. The second-order valence-electron chi connectivity index (χ2n) is 5.73. The standard InChI is InChI=1S/C16H23NO5S/c1-2-3-12-22-13-4-6-14(7-5-13)23(20,21)16(15(18)19)8-10-17-11-9-16/h4-7,17H,2-3,8-12H2,1H3,(H,18,19). The van der Waals surface area contributed by atoms with Crippen LogP contribution in [0.3, 0.4) is 0 Å². The minimum absolute atomic E-state index is 0.0321. The van der Waals surface area contributed by atoms with Crippen molar-refractivity contribution in [3.8, 4) is 5.75 Å². The minimum Gasteiger partial charge on any atom is -0.494 e. The van der Waals surface area contributed by atoms with Crippen LogP contribution < -0.4 is 10.1 Å². The Hall–Kier alpha value is -1.60. The van der Waals surface area contributed by atoms with E-state index in [1.165, 1.54) is 12.1 Å². The van der Waals surface area contributed by atoms with Gasteiger partial charge in [0.05, 0.1) is 11.5 Å². The Morgan fingerprint density at radius 1 is 1.26 bits per heavy atom. The molecule has 0 aliphatic carbocycles. The lowest BCUT2D eigenvalue weighted by molar-refractivity contribution is -0.140. The molecule has 0 bridgehead atoms. The van der Waals surface area contributed by atoms with Crippen LogP contribution in [0.15, 0.2) is 29.2 Å². The van der Waals surface area contributed by atoms with Crippen LogP contribution >= 0.6 is 0 Å². The molecule has 2 rings (SSSR count). The largest absolute Gasteiger partial charge is 0.494 e. The van der Waals surface area contributed by atoms with Gasteiger partial charge in [0.2, 0.25) is 0 Å². The molecule has 0 saturated carbocycles. The first kappa shape index (κ1) is 17.7. The van der Waals surface area contributed by atoms with Crippen molar-refractivity contribution in [3.63, 3.8) is 0 Å². The topological polar surface area (TPSA) is 92.7 Å². The number of piperidine rings is 1. The van der Waals surface area contributed by atoms with Crippen molar-refractivity contribution < 1.29 is 23.1 Å². The van der Waals surface area contributed by atoms with Gasteiger partial charge < -0.3 is 15.2 Å². The van der Waals surface area contributed by atoms with Gasteiger partial charge in [-0.3, -0.25) is 4.79 Å². The van der Waals surface area contributed by atoms with Crippen LogP contribution in [0.25, 0.3) is 0 Å². The lowest BCUT2D eigenvalue weighted by Crippen LogP contribution is -2.53. The van der Waals surface area contributed by atoms with E-state index in [9.17, 15) is 18.3 Å². The van der Waals surface area contributed by atoms with Crippen molar-refractivity contribution in [1.82, 2.24) is 5.32 Å². The van der Waals surface area contributed by atoms with Crippen LogP contribution in [-0.2, 0) is 14.6 Å². The van der Waals surface area contributed by atoms with E-state index in [1.807, 2.05) is 0 Å². The van der Waals surface area contributed by atoms with Gasteiger partial charge in [0.1, 0.15) is 5.75 Å². The zero-order valence-electron chi connectivity index (χ0n) is 13.2. The first-order valence-electron chi connectivity index (χ1n) is 7.85. The molecule has 0 atom stereocenters. The maximum absolute atomic E-state index is 12.9. The van der Waals surface area contributed by atoms with Gasteiger partial charge in [-0.1, -0.05) is 13.3 Å². The highest BCUT2D eigenvalue weighted by atomic mass is 32.2. The van der Waals surface area contributed by atoms with Gasteiger partial charge in [0, 0.05) is 0 Å². The number of hydrogen-bond acceptors (Lipinski definition) is 5. The van der Waals surface area contributed by atoms with E-state index in [1.54, 1.807) is 12.1 Å². The Bertz CT molecular complexity index is 633. The molecule has 1 aromatic carbocycles. The highest BCUT2D eigenvalue weighted by Gasteiger charge is 2.52. The third-order valence-electron chi connectivity index (χ3n) is 4.22. The number of carboxylic acid groups (broad SMARTS) is 1. The number of ether oxygens (including phenoxy) is 1. The van der Waals surface area contributed by atoms with Gasteiger partial charge in [0.15, 0.2) is 14.6 Å². The third-order valence-corrected chi connectivity index (χ3v) is 6.72. The molecular weight excluding hydrogens is 318 g/mol. The summed E-state index contributed by atoms with van der Waals surface area (Å²) in [6, 6.07) is 6.03. The number of hydrogen-bond donors (Lipinski definition) is 2. The summed E-state index contributed by atoms with van der Waals surface area (Å²) in [5, 5.41) is 12.6. The molecule has 2 N–H and O–H groups in total. The summed E-state index contributed by atoms with van der Waals surface area (Å²) in [7, 11) is -3.96. The monoisotopic (exact) mass is 341 g/mol. The van der Waals surface area contributed by atoms with E-state index in [2.05, 4.69) is 12.2 Å². The fourth-order valence-corrected chi connectivity index (χ4v) is 4.62. The van der Waals surface area contributed by atoms with Gasteiger partial charge >= 0.3 is 5.97 Å². The predicted octanol–water partition coefficient (Wildman–Crippen LogP) is 1.85. The number of sulfone groups is 1. The Kier molecular flexibility index (Phi) is 5.64. The fraction of sp³-hybridized carbons (Fsp3) is 0.562. The predicted molar refractivity (Wildman–Crippen MR) is 86.5 cm³/mol. The molecule has 0 spiro atoms. The summed E-state index contributed by atoms with van der Waals surface area (Å²) >= 11 is 0. The molecule has 1 heterocycles. The van der Waals surface area contributed by atoms with Crippen LogP contribution in [0, 0.1) is 0 Å². The lowest BCUT2D eigenvalue weighted by Gasteiger charge is -2.33. The molecule has 1 saturated heterocycles. The van der Waals surface area contributed by atoms with Crippen molar-refractivity contribution in [2.75, 3.05) is 19.7 Å². The van der Waals surface area contributed by atoms with Gasteiger partial charge in [-0.2, -0.15) is 0 Å². The van der Waals surface area contributed by atoms with E-state index in [-0.39, 0.29) is 17.7 Å². The molecule has 1 aromatic rings. The first-order chi connectivity index (χ1) is 10.9. The van der Waals surface area contributed by atoms with E-state index in [0.29, 0.717) is 25.4 Å². The van der Waals surface area contributed by atoms with Crippen LogP contribution in [-0.4, -0.2) is 43.9 Å².